The van der Waals surface area contributed by atoms with E-state index >= 15 is 0 Å². The van der Waals surface area contributed by atoms with Crippen molar-refractivity contribution < 1.29 is 4.39 Å². The Labute approximate surface area is 175 Å². The van der Waals surface area contributed by atoms with Crippen LogP contribution in [0.3, 0.4) is 0 Å². The van der Waals surface area contributed by atoms with Gasteiger partial charge in [0.1, 0.15) is 11.6 Å². The summed E-state index contributed by atoms with van der Waals surface area (Å²) in [5.74, 6) is 1.97. The molecule has 1 aromatic heterocycles. The summed E-state index contributed by atoms with van der Waals surface area (Å²) >= 11 is 5.22. The lowest BCUT2D eigenvalue weighted by Crippen LogP contribution is -2.10. The van der Waals surface area contributed by atoms with Crippen LogP contribution < -0.4 is 5.73 Å². The first-order valence-electron chi connectivity index (χ1n) is 8.92. The number of nitrogens with one attached hydrogen (secondary N) is 1. The predicted molar refractivity (Wildman–Crippen MR) is 119 cm³/mol. The number of nitrogens with zero attached hydrogens (tertiary/aromatic N) is 1. The monoisotopic (exact) mass is 455 g/mol. The second-order valence-electron chi connectivity index (χ2n) is 6.56. The van der Waals surface area contributed by atoms with Crippen molar-refractivity contribution in [3.05, 3.63) is 94.0 Å². The Morgan fingerprint density at radius 3 is 2.64 bits per heavy atom. The number of thioether (sulfide) groups is 1. The summed E-state index contributed by atoms with van der Waals surface area (Å²) in [5.41, 5.74) is 10.5. The zero-order valence-electron chi connectivity index (χ0n) is 15.0. The van der Waals surface area contributed by atoms with Gasteiger partial charge in [-0.15, -0.1) is 0 Å². The van der Waals surface area contributed by atoms with Crippen molar-refractivity contribution in [3.63, 3.8) is 0 Å². The SMILES string of the molecule is Nc1ccc(Br)cc1C(CSCc1nc2ccccc2[nH]1)c1ccccc1F. The number of fused-ring (bicyclic) bond motifs is 1. The molecule has 4 aromatic rings. The molecule has 1 heterocycles. The minimum Gasteiger partial charge on any atom is -0.398 e. The van der Waals surface area contributed by atoms with Crippen LogP contribution in [0.1, 0.15) is 22.9 Å². The summed E-state index contributed by atoms with van der Waals surface area (Å²) in [5, 5.41) is 0. The summed E-state index contributed by atoms with van der Waals surface area (Å²) in [6.45, 7) is 0. The first-order valence-corrected chi connectivity index (χ1v) is 10.9. The number of imidazole rings is 1. The van der Waals surface area contributed by atoms with Crippen LogP contribution in [0.5, 0.6) is 0 Å². The topological polar surface area (TPSA) is 54.7 Å². The quantitative estimate of drug-likeness (QED) is 0.344. The van der Waals surface area contributed by atoms with E-state index in [2.05, 4.69) is 25.9 Å². The molecule has 1 atom stereocenters. The molecule has 0 aliphatic carbocycles. The molecule has 0 aliphatic heterocycles. The molecule has 3 N–H and O–H groups in total. The summed E-state index contributed by atoms with van der Waals surface area (Å²) < 4.78 is 15.5. The molecule has 1 unspecified atom stereocenters. The predicted octanol–water partition coefficient (Wildman–Crippen LogP) is 6.11. The second-order valence-corrected chi connectivity index (χ2v) is 8.51. The van der Waals surface area contributed by atoms with E-state index in [0.717, 1.165) is 26.9 Å². The van der Waals surface area contributed by atoms with Crippen molar-refractivity contribution in [3.8, 4) is 0 Å². The van der Waals surface area contributed by atoms with Crippen LogP contribution in [0.4, 0.5) is 10.1 Å². The fourth-order valence-electron chi connectivity index (χ4n) is 3.30. The molecule has 0 radical (unpaired) electrons. The zero-order chi connectivity index (χ0) is 19.5. The first-order chi connectivity index (χ1) is 13.6. The molecular weight excluding hydrogens is 437 g/mol. The van der Waals surface area contributed by atoms with Crippen LogP contribution >= 0.6 is 27.7 Å². The average Bonchev–Trinajstić information content (AvgIpc) is 3.11. The second kappa shape index (κ2) is 8.37. The number of nitrogen functional groups attached to an aromatic ring is 1. The zero-order valence-corrected chi connectivity index (χ0v) is 17.4. The van der Waals surface area contributed by atoms with Crippen LogP contribution in [0, 0.1) is 5.82 Å². The van der Waals surface area contributed by atoms with E-state index in [1.807, 2.05) is 54.6 Å². The fourth-order valence-corrected chi connectivity index (χ4v) is 4.72. The van der Waals surface area contributed by atoms with Gasteiger partial charge < -0.3 is 10.7 Å². The molecule has 6 heteroatoms. The van der Waals surface area contributed by atoms with Gasteiger partial charge in [0.2, 0.25) is 0 Å². The van der Waals surface area contributed by atoms with Gasteiger partial charge in [-0.05, 0) is 47.5 Å². The number of hydrogen-bond acceptors (Lipinski definition) is 3. The van der Waals surface area contributed by atoms with Crippen molar-refractivity contribution in [2.45, 2.75) is 11.7 Å². The van der Waals surface area contributed by atoms with E-state index in [-0.39, 0.29) is 11.7 Å². The number of anilines is 1. The number of aromatic nitrogens is 2. The highest BCUT2D eigenvalue weighted by molar-refractivity contribution is 9.10. The summed E-state index contributed by atoms with van der Waals surface area (Å²) in [6, 6.07) is 20.6. The lowest BCUT2D eigenvalue weighted by molar-refractivity contribution is 0.604. The number of rotatable bonds is 6. The van der Waals surface area contributed by atoms with Gasteiger partial charge in [0, 0.05) is 21.8 Å². The molecule has 0 saturated carbocycles. The van der Waals surface area contributed by atoms with Crippen molar-refractivity contribution in [1.29, 1.82) is 0 Å². The molecule has 28 heavy (non-hydrogen) atoms. The largest absolute Gasteiger partial charge is 0.398 e. The maximum atomic E-state index is 14.6. The van der Waals surface area contributed by atoms with Crippen LogP contribution in [-0.2, 0) is 5.75 Å². The third-order valence-corrected chi connectivity index (χ3v) is 6.21. The molecule has 3 aromatic carbocycles. The minimum atomic E-state index is -0.212. The van der Waals surface area contributed by atoms with Crippen molar-refractivity contribution in [2.24, 2.45) is 0 Å². The highest BCUT2D eigenvalue weighted by Gasteiger charge is 2.20. The molecule has 0 fully saturated rings. The van der Waals surface area contributed by atoms with E-state index in [1.165, 1.54) is 6.07 Å². The Kier molecular flexibility index (Phi) is 5.69. The number of benzene rings is 3. The van der Waals surface area contributed by atoms with Crippen molar-refractivity contribution in [2.75, 3.05) is 11.5 Å². The molecule has 0 aliphatic rings. The summed E-state index contributed by atoms with van der Waals surface area (Å²) in [4.78, 5) is 7.96. The molecule has 4 rings (SSSR count). The van der Waals surface area contributed by atoms with Gasteiger partial charge in [0.05, 0.1) is 16.8 Å². The van der Waals surface area contributed by atoms with Crippen molar-refractivity contribution >= 4 is 44.4 Å². The Morgan fingerprint density at radius 2 is 1.82 bits per heavy atom. The molecule has 0 bridgehead atoms. The van der Waals surface area contributed by atoms with Crippen molar-refractivity contribution in [1.82, 2.24) is 9.97 Å². The molecular formula is C22H19BrFN3S. The molecule has 0 amide bonds. The van der Waals surface area contributed by atoms with E-state index in [1.54, 1.807) is 17.8 Å². The van der Waals surface area contributed by atoms with Gasteiger partial charge >= 0.3 is 0 Å². The average molecular weight is 456 g/mol. The Hall–Kier alpha value is -2.31. The van der Waals surface area contributed by atoms with Crippen LogP contribution in [0.2, 0.25) is 0 Å². The lowest BCUT2D eigenvalue weighted by atomic mass is 9.91. The third kappa shape index (κ3) is 4.08. The van der Waals surface area contributed by atoms with Gasteiger partial charge in [0.25, 0.3) is 0 Å². The fraction of sp³-hybridized carbons (Fsp3) is 0.136. The standard InChI is InChI=1S/C22H19BrFN3S/c23-14-9-10-19(25)16(11-14)17(15-5-1-2-6-18(15)24)12-28-13-22-26-20-7-3-4-8-21(20)27-22/h1-11,17H,12-13,25H2,(H,26,27). The maximum absolute atomic E-state index is 14.6. The summed E-state index contributed by atoms with van der Waals surface area (Å²) in [7, 11) is 0. The Morgan fingerprint density at radius 1 is 1.04 bits per heavy atom. The number of para-hydroxylation sites is 2. The molecule has 0 saturated heterocycles. The van der Waals surface area contributed by atoms with E-state index in [9.17, 15) is 4.39 Å². The molecule has 3 nitrogen and oxygen atoms in total. The normalized spacial score (nSPS) is 12.4. The van der Waals surface area contributed by atoms with Gasteiger partial charge in [-0.1, -0.05) is 46.3 Å². The summed E-state index contributed by atoms with van der Waals surface area (Å²) in [6.07, 6.45) is 0. The van der Waals surface area contributed by atoms with Gasteiger partial charge in [-0.25, -0.2) is 9.37 Å². The van der Waals surface area contributed by atoms with Gasteiger partial charge in [-0.3, -0.25) is 0 Å². The lowest BCUT2D eigenvalue weighted by Gasteiger charge is -2.20. The minimum absolute atomic E-state index is 0.145. The third-order valence-electron chi connectivity index (χ3n) is 4.67. The molecule has 142 valence electrons. The number of hydrogen-bond donors (Lipinski definition) is 2. The van der Waals surface area contributed by atoms with Crippen LogP contribution in [0.15, 0.2) is 71.2 Å². The van der Waals surface area contributed by atoms with E-state index in [4.69, 9.17) is 5.73 Å². The van der Waals surface area contributed by atoms with Gasteiger partial charge in [0.15, 0.2) is 0 Å². The maximum Gasteiger partial charge on any atom is 0.127 e. The number of H-pyrrole nitrogens is 1. The van der Waals surface area contributed by atoms with E-state index in [0.29, 0.717) is 22.8 Å². The van der Waals surface area contributed by atoms with Crippen LogP contribution in [0.25, 0.3) is 11.0 Å². The number of aromatic amines is 1. The smallest absolute Gasteiger partial charge is 0.127 e. The Bertz CT molecular complexity index is 1080. The first kappa shape index (κ1) is 19.0. The highest BCUT2D eigenvalue weighted by Crippen LogP contribution is 2.35. The van der Waals surface area contributed by atoms with Crippen LogP contribution in [-0.4, -0.2) is 15.7 Å². The number of nitrogens with two attached hydrogens (primary N) is 1. The number of halogens is 2. The molecule has 0 spiro atoms. The van der Waals surface area contributed by atoms with E-state index < -0.39 is 0 Å². The highest BCUT2D eigenvalue weighted by atomic mass is 79.9. The van der Waals surface area contributed by atoms with Gasteiger partial charge in [-0.2, -0.15) is 11.8 Å². The Balaban J connectivity index is 1.58.